The summed E-state index contributed by atoms with van der Waals surface area (Å²) in [5.41, 5.74) is 1.18. The SMILES string of the molecule is Cl.O=C1C=C(NCC2CCCCC2)CCC1. The fraction of sp³-hybridized carbons (Fsp3) is 0.769. The van der Waals surface area contributed by atoms with Gasteiger partial charge in [0.05, 0.1) is 0 Å². The van der Waals surface area contributed by atoms with Crippen LogP contribution in [0.1, 0.15) is 51.4 Å². The maximum absolute atomic E-state index is 11.2. The van der Waals surface area contributed by atoms with Gasteiger partial charge in [-0.25, -0.2) is 0 Å². The molecule has 0 radical (unpaired) electrons. The van der Waals surface area contributed by atoms with E-state index in [2.05, 4.69) is 5.32 Å². The Morgan fingerprint density at radius 1 is 1.12 bits per heavy atom. The van der Waals surface area contributed by atoms with Crippen molar-refractivity contribution in [2.75, 3.05) is 6.54 Å². The van der Waals surface area contributed by atoms with Gasteiger partial charge in [-0.05, 0) is 31.6 Å². The van der Waals surface area contributed by atoms with Gasteiger partial charge >= 0.3 is 0 Å². The highest BCUT2D eigenvalue weighted by atomic mass is 35.5. The van der Waals surface area contributed by atoms with E-state index >= 15 is 0 Å². The zero-order chi connectivity index (χ0) is 10.5. The summed E-state index contributed by atoms with van der Waals surface area (Å²) in [6.45, 7) is 1.08. The number of nitrogens with one attached hydrogen (secondary N) is 1. The van der Waals surface area contributed by atoms with Gasteiger partial charge < -0.3 is 5.32 Å². The van der Waals surface area contributed by atoms with E-state index in [0.29, 0.717) is 5.78 Å². The Morgan fingerprint density at radius 3 is 2.56 bits per heavy atom. The second-order valence-corrected chi connectivity index (χ2v) is 4.87. The summed E-state index contributed by atoms with van der Waals surface area (Å²) in [5, 5.41) is 3.46. The van der Waals surface area contributed by atoms with Crippen LogP contribution in [0.4, 0.5) is 0 Å². The molecule has 0 atom stereocenters. The smallest absolute Gasteiger partial charge is 0.157 e. The van der Waals surface area contributed by atoms with Crippen LogP contribution < -0.4 is 5.32 Å². The van der Waals surface area contributed by atoms with E-state index in [4.69, 9.17) is 0 Å². The zero-order valence-corrected chi connectivity index (χ0v) is 10.7. The van der Waals surface area contributed by atoms with Gasteiger partial charge in [0.2, 0.25) is 0 Å². The van der Waals surface area contributed by atoms with Crippen LogP contribution in [-0.2, 0) is 4.79 Å². The van der Waals surface area contributed by atoms with Crippen molar-refractivity contribution in [3.63, 3.8) is 0 Å². The summed E-state index contributed by atoms with van der Waals surface area (Å²) < 4.78 is 0. The number of allylic oxidation sites excluding steroid dienone is 2. The highest BCUT2D eigenvalue weighted by Crippen LogP contribution is 2.23. The van der Waals surface area contributed by atoms with Crippen molar-refractivity contribution in [3.05, 3.63) is 11.8 Å². The van der Waals surface area contributed by atoms with Crippen molar-refractivity contribution in [1.29, 1.82) is 0 Å². The monoisotopic (exact) mass is 243 g/mol. The van der Waals surface area contributed by atoms with Crippen LogP contribution in [0.2, 0.25) is 0 Å². The molecule has 0 aliphatic heterocycles. The van der Waals surface area contributed by atoms with Crippen LogP contribution in [0.15, 0.2) is 11.8 Å². The normalized spacial score (nSPS) is 22.2. The molecule has 0 bridgehead atoms. The first-order valence-corrected chi connectivity index (χ1v) is 6.32. The molecule has 0 saturated heterocycles. The molecule has 1 fully saturated rings. The Balaban J connectivity index is 0.00000128. The first kappa shape index (κ1) is 13.6. The standard InChI is InChI=1S/C13H21NO.ClH/c15-13-8-4-7-12(9-13)14-10-11-5-2-1-3-6-11;/h9,11,14H,1-8,10H2;1H. The Morgan fingerprint density at radius 2 is 1.88 bits per heavy atom. The number of ketones is 1. The van der Waals surface area contributed by atoms with E-state index in [9.17, 15) is 4.79 Å². The van der Waals surface area contributed by atoms with Gasteiger partial charge in [0, 0.05) is 24.7 Å². The molecule has 0 heterocycles. The molecule has 2 aliphatic rings. The van der Waals surface area contributed by atoms with Crippen molar-refractivity contribution in [2.45, 2.75) is 51.4 Å². The van der Waals surface area contributed by atoms with Gasteiger partial charge in [-0.15, -0.1) is 12.4 Å². The Labute approximate surface area is 104 Å². The Bertz CT molecular complexity index is 257. The number of rotatable bonds is 3. The van der Waals surface area contributed by atoms with E-state index in [-0.39, 0.29) is 12.4 Å². The third kappa shape index (κ3) is 4.17. The van der Waals surface area contributed by atoms with Gasteiger partial charge in [0.25, 0.3) is 0 Å². The fourth-order valence-corrected chi connectivity index (χ4v) is 2.60. The number of carbonyl (C=O) groups excluding carboxylic acids is 1. The molecule has 0 unspecified atom stereocenters. The van der Waals surface area contributed by atoms with Crippen LogP contribution in [0.5, 0.6) is 0 Å². The van der Waals surface area contributed by atoms with Crippen molar-refractivity contribution in [1.82, 2.24) is 5.32 Å². The summed E-state index contributed by atoms with van der Waals surface area (Å²) in [6, 6.07) is 0. The van der Waals surface area contributed by atoms with Gasteiger partial charge in [-0.3, -0.25) is 4.79 Å². The molecule has 0 aromatic heterocycles. The van der Waals surface area contributed by atoms with E-state index in [1.165, 1.54) is 37.8 Å². The minimum atomic E-state index is 0. The van der Waals surface area contributed by atoms with E-state index < -0.39 is 0 Å². The molecule has 92 valence electrons. The molecule has 0 amide bonds. The third-order valence-electron chi connectivity index (χ3n) is 3.55. The van der Waals surface area contributed by atoms with Crippen LogP contribution in [-0.4, -0.2) is 12.3 Å². The average molecular weight is 244 g/mol. The van der Waals surface area contributed by atoms with Crippen LogP contribution in [0, 0.1) is 5.92 Å². The van der Waals surface area contributed by atoms with E-state index in [1.807, 2.05) is 6.08 Å². The highest BCUT2D eigenvalue weighted by molar-refractivity contribution is 5.91. The Kier molecular flexibility index (Phi) is 5.89. The lowest BCUT2D eigenvalue weighted by atomic mass is 9.89. The van der Waals surface area contributed by atoms with Crippen LogP contribution in [0.25, 0.3) is 0 Å². The maximum Gasteiger partial charge on any atom is 0.157 e. The number of halogens is 1. The molecule has 0 spiro atoms. The summed E-state index contributed by atoms with van der Waals surface area (Å²) in [7, 11) is 0. The number of carbonyl (C=O) groups is 1. The second-order valence-electron chi connectivity index (χ2n) is 4.87. The molecule has 2 rings (SSSR count). The number of hydrogen-bond acceptors (Lipinski definition) is 2. The average Bonchev–Trinajstić information content (AvgIpc) is 2.28. The molecular weight excluding hydrogens is 222 g/mol. The van der Waals surface area contributed by atoms with Crippen LogP contribution in [0.3, 0.4) is 0 Å². The molecule has 1 saturated carbocycles. The molecular formula is C13H22ClNO. The van der Waals surface area contributed by atoms with Crippen molar-refractivity contribution < 1.29 is 4.79 Å². The molecule has 2 nitrogen and oxygen atoms in total. The van der Waals surface area contributed by atoms with Crippen molar-refractivity contribution in [3.8, 4) is 0 Å². The minimum Gasteiger partial charge on any atom is -0.388 e. The fourth-order valence-electron chi connectivity index (χ4n) is 2.60. The second kappa shape index (κ2) is 6.95. The maximum atomic E-state index is 11.2. The largest absolute Gasteiger partial charge is 0.388 e. The lowest BCUT2D eigenvalue weighted by Gasteiger charge is -2.23. The molecule has 0 aromatic rings. The summed E-state index contributed by atoms with van der Waals surface area (Å²) >= 11 is 0. The quantitative estimate of drug-likeness (QED) is 0.825. The first-order valence-electron chi connectivity index (χ1n) is 6.32. The summed E-state index contributed by atoms with van der Waals surface area (Å²) in [6.07, 6.45) is 11.6. The van der Waals surface area contributed by atoms with Crippen molar-refractivity contribution in [2.24, 2.45) is 5.92 Å². The predicted molar refractivity (Wildman–Crippen MR) is 68.8 cm³/mol. The Hall–Kier alpha value is -0.500. The molecule has 2 aliphatic carbocycles. The zero-order valence-electron chi connectivity index (χ0n) is 9.84. The molecule has 3 heteroatoms. The van der Waals surface area contributed by atoms with Gasteiger partial charge in [-0.2, -0.15) is 0 Å². The third-order valence-corrected chi connectivity index (χ3v) is 3.55. The molecule has 0 aromatic carbocycles. The molecule has 16 heavy (non-hydrogen) atoms. The van der Waals surface area contributed by atoms with Gasteiger partial charge in [0.15, 0.2) is 5.78 Å². The van der Waals surface area contributed by atoms with Gasteiger partial charge in [-0.1, -0.05) is 19.3 Å². The molecule has 1 N–H and O–H groups in total. The van der Waals surface area contributed by atoms with Crippen LogP contribution >= 0.6 is 12.4 Å². The topological polar surface area (TPSA) is 29.1 Å². The number of hydrogen-bond donors (Lipinski definition) is 1. The summed E-state index contributed by atoms with van der Waals surface area (Å²) in [5.74, 6) is 1.14. The minimum absolute atomic E-state index is 0. The lowest BCUT2D eigenvalue weighted by Crippen LogP contribution is -2.25. The predicted octanol–water partition coefficient (Wildman–Crippen LogP) is 3.22. The van der Waals surface area contributed by atoms with E-state index in [0.717, 1.165) is 31.7 Å². The highest BCUT2D eigenvalue weighted by Gasteiger charge is 2.14. The first-order chi connectivity index (χ1) is 7.34. The summed E-state index contributed by atoms with van der Waals surface area (Å²) in [4.78, 5) is 11.2. The lowest BCUT2D eigenvalue weighted by molar-refractivity contribution is -0.115. The van der Waals surface area contributed by atoms with Gasteiger partial charge in [0.1, 0.15) is 0 Å². The van der Waals surface area contributed by atoms with E-state index in [1.54, 1.807) is 0 Å². The van der Waals surface area contributed by atoms with Crippen molar-refractivity contribution >= 4 is 18.2 Å².